The van der Waals surface area contributed by atoms with Gasteiger partial charge in [0.15, 0.2) is 17.3 Å². The summed E-state index contributed by atoms with van der Waals surface area (Å²) in [6, 6.07) is 7.78. The lowest BCUT2D eigenvalue weighted by atomic mass is 10.0. The van der Waals surface area contributed by atoms with E-state index in [4.69, 9.17) is 37.4 Å². The fourth-order valence-electron chi connectivity index (χ4n) is 5.16. The van der Waals surface area contributed by atoms with Crippen LogP contribution >= 0.6 is 23.2 Å². The Morgan fingerprint density at radius 2 is 1.77 bits per heavy atom. The van der Waals surface area contributed by atoms with Gasteiger partial charge in [-0.1, -0.05) is 23.2 Å². The summed E-state index contributed by atoms with van der Waals surface area (Å²) in [5, 5.41) is 7.36. The highest BCUT2D eigenvalue weighted by Crippen LogP contribution is 2.39. The number of nitrogens with one attached hydrogen (secondary N) is 2. The zero-order valence-corrected chi connectivity index (χ0v) is 20.4. The van der Waals surface area contributed by atoms with Crippen LogP contribution in [0.4, 0.5) is 15.9 Å². The molecule has 3 saturated heterocycles. The molecule has 1 aromatic heterocycles. The molecule has 0 spiro atoms. The van der Waals surface area contributed by atoms with E-state index in [0.29, 0.717) is 53.5 Å². The van der Waals surface area contributed by atoms with Crippen LogP contribution in [0.25, 0.3) is 10.9 Å². The maximum absolute atomic E-state index is 14.7. The fraction of sp³-hybridized carbons (Fsp3) is 0.440. The molecule has 6 rings (SSSR count). The quantitative estimate of drug-likeness (QED) is 0.408. The van der Waals surface area contributed by atoms with E-state index in [9.17, 15) is 4.39 Å². The highest BCUT2D eigenvalue weighted by molar-refractivity contribution is 6.42. The van der Waals surface area contributed by atoms with Crippen LogP contribution in [0.1, 0.15) is 32.1 Å². The van der Waals surface area contributed by atoms with Crippen molar-refractivity contribution in [3.05, 3.63) is 46.5 Å². The van der Waals surface area contributed by atoms with Crippen LogP contribution in [0.2, 0.25) is 10.0 Å². The molecule has 3 aromatic rings. The van der Waals surface area contributed by atoms with Crippen molar-refractivity contribution in [1.29, 1.82) is 0 Å². The van der Waals surface area contributed by atoms with Crippen molar-refractivity contribution in [1.82, 2.24) is 15.3 Å². The summed E-state index contributed by atoms with van der Waals surface area (Å²) in [5.74, 6) is 1.04. The molecule has 4 atom stereocenters. The van der Waals surface area contributed by atoms with E-state index in [1.807, 2.05) is 12.1 Å². The molecule has 10 heteroatoms. The Morgan fingerprint density at radius 3 is 2.54 bits per heavy atom. The number of aromatic nitrogens is 2. The Hall–Kier alpha value is -2.39. The molecule has 0 radical (unpaired) electrons. The number of piperidine rings is 1. The van der Waals surface area contributed by atoms with Gasteiger partial charge in [0.1, 0.15) is 24.4 Å². The lowest BCUT2D eigenvalue weighted by molar-refractivity contribution is 0.116. The standard InChI is InChI=1S/C25H25Cl2FN4O3/c26-18-3-4-19(24(28)23(18)27)32-25-17-9-21(35-16-7-13-1-2-14(8-16)31-13)22(10-20(17)29-12-30-25)34-15-5-6-33-11-15/h3-4,9-10,12-16,31H,1-2,5-8,11H2,(H,29,30,32)/t13-,14+,15-,16-/m0/s1. The first kappa shape index (κ1) is 23.0. The molecule has 35 heavy (non-hydrogen) atoms. The fourth-order valence-corrected chi connectivity index (χ4v) is 5.47. The molecule has 2 bridgehead atoms. The minimum Gasteiger partial charge on any atom is -0.486 e. The average molecular weight is 519 g/mol. The maximum Gasteiger partial charge on any atom is 0.166 e. The summed E-state index contributed by atoms with van der Waals surface area (Å²) in [6.45, 7) is 1.22. The number of rotatable bonds is 6. The molecule has 0 saturated carbocycles. The van der Waals surface area contributed by atoms with Gasteiger partial charge in [0.25, 0.3) is 0 Å². The summed E-state index contributed by atoms with van der Waals surface area (Å²) in [4.78, 5) is 8.79. The van der Waals surface area contributed by atoms with Crippen molar-refractivity contribution in [2.75, 3.05) is 18.5 Å². The Bertz CT molecular complexity index is 1250. The van der Waals surface area contributed by atoms with E-state index in [1.165, 1.54) is 31.3 Å². The van der Waals surface area contributed by atoms with Gasteiger partial charge in [-0.05, 0) is 43.9 Å². The van der Waals surface area contributed by atoms with Gasteiger partial charge in [0, 0.05) is 30.0 Å². The number of ether oxygens (including phenoxy) is 3. The number of nitrogens with zero attached hydrogens (tertiary/aromatic N) is 2. The van der Waals surface area contributed by atoms with Gasteiger partial charge in [-0.2, -0.15) is 0 Å². The summed E-state index contributed by atoms with van der Waals surface area (Å²) in [5.41, 5.74) is 0.815. The highest BCUT2D eigenvalue weighted by atomic mass is 35.5. The Balaban J connectivity index is 1.36. The van der Waals surface area contributed by atoms with Gasteiger partial charge in [-0.25, -0.2) is 14.4 Å². The monoisotopic (exact) mass is 518 g/mol. The number of hydrogen-bond acceptors (Lipinski definition) is 7. The van der Waals surface area contributed by atoms with E-state index in [-0.39, 0.29) is 27.9 Å². The van der Waals surface area contributed by atoms with Gasteiger partial charge < -0.3 is 24.8 Å². The molecule has 0 amide bonds. The predicted octanol–water partition coefficient (Wildman–Crippen LogP) is 5.65. The van der Waals surface area contributed by atoms with Gasteiger partial charge in [-0.15, -0.1) is 0 Å². The molecule has 2 aromatic carbocycles. The van der Waals surface area contributed by atoms with E-state index in [2.05, 4.69) is 20.6 Å². The number of halogens is 3. The number of anilines is 2. The second-order valence-electron chi connectivity index (χ2n) is 9.34. The molecule has 4 heterocycles. The van der Waals surface area contributed by atoms with Crippen LogP contribution in [-0.4, -0.2) is 47.5 Å². The van der Waals surface area contributed by atoms with Gasteiger partial charge in [0.2, 0.25) is 0 Å². The highest BCUT2D eigenvalue weighted by Gasteiger charge is 2.35. The van der Waals surface area contributed by atoms with E-state index >= 15 is 0 Å². The van der Waals surface area contributed by atoms with Crippen LogP contribution in [0.15, 0.2) is 30.6 Å². The van der Waals surface area contributed by atoms with Crippen molar-refractivity contribution in [2.45, 2.75) is 56.4 Å². The summed E-state index contributed by atoms with van der Waals surface area (Å²) in [7, 11) is 0. The SMILES string of the molecule is Fc1c(Nc2ncnc3cc(O[C@H]4CCOC4)c(O[C@@H]4C[C@H]5CC[C@@H](C4)N5)cc23)ccc(Cl)c1Cl. The van der Waals surface area contributed by atoms with Crippen molar-refractivity contribution in [3.63, 3.8) is 0 Å². The molecule has 0 aliphatic carbocycles. The number of benzene rings is 2. The summed E-state index contributed by atoms with van der Waals surface area (Å²) in [6.07, 6.45) is 6.56. The topological polar surface area (TPSA) is 77.5 Å². The second kappa shape index (κ2) is 9.58. The van der Waals surface area contributed by atoms with Crippen molar-refractivity contribution in [3.8, 4) is 11.5 Å². The Morgan fingerprint density at radius 1 is 1.00 bits per heavy atom. The normalized spacial score (nSPS) is 25.7. The summed E-state index contributed by atoms with van der Waals surface area (Å²) >= 11 is 11.9. The first-order valence-electron chi connectivity index (χ1n) is 11.9. The summed E-state index contributed by atoms with van der Waals surface area (Å²) < 4.78 is 33.1. The molecule has 2 N–H and O–H groups in total. The van der Waals surface area contributed by atoms with Crippen molar-refractivity contribution in [2.24, 2.45) is 0 Å². The minimum atomic E-state index is -0.645. The lowest BCUT2D eigenvalue weighted by Crippen LogP contribution is -2.42. The minimum absolute atomic E-state index is 0.0382. The first-order chi connectivity index (χ1) is 17.0. The van der Waals surface area contributed by atoms with Crippen LogP contribution in [0.5, 0.6) is 11.5 Å². The molecule has 3 fully saturated rings. The molecular weight excluding hydrogens is 494 g/mol. The third-order valence-corrected chi connectivity index (χ3v) is 7.68. The first-order valence-corrected chi connectivity index (χ1v) is 12.7. The van der Waals surface area contributed by atoms with Gasteiger partial charge in [0.05, 0.1) is 34.5 Å². The third kappa shape index (κ3) is 4.72. The predicted molar refractivity (Wildman–Crippen MR) is 133 cm³/mol. The van der Waals surface area contributed by atoms with Crippen molar-refractivity contribution >= 4 is 45.6 Å². The Kier molecular flexibility index (Phi) is 6.30. The van der Waals surface area contributed by atoms with Gasteiger partial charge >= 0.3 is 0 Å². The maximum atomic E-state index is 14.7. The van der Waals surface area contributed by atoms with E-state index in [1.54, 1.807) is 0 Å². The molecule has 3 aliphatic heterocycles. The van der Waals surface area contributed by atoms with Crippen LogP contribution in [0.3, 0.4) is 0 Å². The average Bonchev–Trinajstić information content (AvgIpc) is 3.49. The zero-order chi connectivity index (χ0) is 23.9. The number of hydrogen-bond donors (Lipinski definition) is 2. The number of fused-ring (bicyclic) bond motifs is 3. The van der Waals surface area contributed by atoms with Crippen LogP contribution in [-0.2, 0) is 4.74 Å². The second-order valence-corrected chi connectivity index (χ2v) is 10.1. The zero-order valence-electron chi connectivity index (χ0n) is 18.9. The van der Waals surface area contributed by atoms with E-state index in [0.717, 1.165) is 19.3 Å². The van der Waals surface area contributed by atoms with Crippen LogP contribution < -0.4 is 20.1 Å². The smallest absolute Gasteiger partial charge is 0.166 e. The van der Waals surface area contributed by atoms with Crippen LogP contribution in [0, 0.1) is 5.82 Å². The molecule has 184 valence electrons. The lowest BCUT2D eigenvalue weighted by Gasteiger charge is -2.30. The molecule has 0 unspecified atom stereocenters. The molecular formula is C25H25Cl2FN4O3. The van der Waals surface area contributed by atoms with Crippen molar-refractivity contribution < 1.29 is 18.6 Å². The largest absolute Gasteiger partial charge is 0.486 e. The van der Waals surface area contributed by atoms with Gasteiger partial charge in [-0.3, -0.25) is 0 Å². The van der Waals surface area contributed by atoms with E-state index < -0.39 is 5.82 Å². The third-order valence-electron chi connectivity index (χ3n) is 6.89. The molecule has 3 aliphatic rings. The molecule has 7 nitrogen and oxygen atoms in total. The Labute approximate surface area is 212 Å².